The second-order valence-corrected chi connectivity index (χ2v) is 15.5. The smallest absolute Gasteiger partial charge is 0.296 e. The van der Waals surface area contributed by atoms with Crippen molar-refractivity contribution in [3.8, 4) is 10.6 Å². The Labute approximate surface area is 313 Å². The van der Waals surface area contributed by atoms with Crippen LogP contribution in [0.2, 0.25) is 0 Å². The first-order valence-corrected chi connectivity index (χ1v) is 20.2. The van der Waals surface area contributed by atoms with Crippen molar-refractivity contribution in [1.29, 1.82) is 0 Å². The Balaban J connectivity index is 0.000000602. The van der Waals surface area contributed by atoms with Crippen molar-refractivity contribution in [2.24, 2.45) is 11.1 Å². The summed E-state index contributed by atoms with van der Waals surface area (Å²) < 4.78 is 0. The normalized spacial score (nSPS) is 14.8. The minimum atomic E-state index is -0.664. The maximum Gasteiger partial charge on any atom is 0.296 e. The molecule has 51 heavy (non-hydrogen) atoms. The number of aromatic nitrogens is 2. The standard InChI is InChI=1S/C34H41N3O2S2.C8H15NO/c1-8-10-11-12-14-22(3)29(19-23(4)32(13-9-2)40-21-33(38)37-39)24(5)27-15-17-30-28(20-27)16-18-31(36-30)34-25(6)35-26(7)41-34;1-2-8(10)9-6-4-3-5-7-9/h9,13,15-20,22H,2,8,10-12,14,21H2,1,3-7H3;2-7H2,1H3/b23-19+,29-24-,32-13-;. The van der Waals surface area contributed by atoms with Gasteiger partial charge in [0.25, 0.3) is 5.91 Å². The number of amides is 2. The van der Waals surface area contributed by atoms with E-state index in [1.165, 1.54) is 73.4 Å². The number of thiazole rings is 1. The van der Waals surface area contributed by atoms with Crippen LogP contribution in [0, 0.1) is 24.7 Å². The zero-order valence-corrected chi connectivity index (χ0v) is 33.4. The van der Waals surface area contributed by atoms with Crippen molar-refractivity contribution in [2.45, 2.75) is 106 Å². The minimum Gasteiger partial charge on any atom is -0.343 e. The van der Waals surface area contributed by atoms with Gasteiger partial charge in [-0.1, -0.05) is 77.3 Å². The van der Waals surface area contributed by atoms with Gasteiger partial charge in [-0.2, -0.15) is 0 Å². The molecule has 1 saturated heterocycles. The second kappa shape index (κ2) is 21.6. The predicted molar refractivity (Wildman–Crippen MR) is 219 cm³/mol. The van der Waals surface area contributed by atoms with E-state index < -0.39 is 5.91 Å². The van der Waals surface area contributed by atoms with Crippen molar-refractivity contribution in [3.63, 3.8) is 0 Å². The van der Waals surface area contributed by atoms with Crippen LogP contribution >= 0.6 is 23.1 Å². The second-order valence-electron chi connectivity index (χ2n) is 13.2. The third-order valence-electron chi connectivity index (χ3n) is 9.21. The topological polar surface area (TPSA) is 92.6 Å². The molecule has 1 aromatic carbocycles. The van der Waals surface area contributed by atoms with Gasteiger partial charge in [-0.15, -0.1) is 28.0 Å². The lowest BCUT2D eigenvalue weighted by Gasteiger charge is -2.26. The molecule has 0 N–H and O–H groups in total. The van der Waals surface area contributed by atoms with Gasteiger partial charge in [-0.3, -0.25) is 9.59 Å². The van der Waals surface area contributed by atoms with E-state index in [4.69, 9.17) is 4.98 Å². The van der Waals surface area contributed by atoms with Crippen LogP contribution in [0.25, 0.3) is 27.0 Å². The van der Waals surface area contributed by atoms with Crippen molar-refractivity contribution < 1.29 is 9.59 Å². The van der Waals surface area contributed by atoms with E-state index >= 15 is 0 Å². The number of thioether (sulfide) groups is 1. The van der Waals surface area contributed by atoms with E-state index in [1.54, 1.807) is 17.4 Å². The Bertz CT molecular complexity index is 1750. The summed E-state index contributed by atoms with van der Waals surface area (Å²) in [7, 11) is 0. The van der Waals surface area contributed by atoms with Crippen molar-refractivity contribution in [1.82, 2.24) is 14.9 Å². The Hall–Kier alpha value is -3.69. The Morgan fingerprint density at radius 2 is 1.78 bits per heavy atom. The molecular formula is C42H56N4O3S2. The SMILES string of the molecule is C=C/C=C(SCC(=O)N=O)/C(C)=C/C(=C(\C)c1ccc2nc(-c3sc(C)nc3C)ccc2c1)C(C)CCCCCC.CCC(=O)N1CCCCC1. The average Bonchev–Trinajstić information content (AvgIpc) is 3.50. The van der Waals surface area contributed by atoms with Crippen molar-refractivity contribution >= 4 is 51.4 Å². The number of carbonyl (C=O) groups is 2. The van der Waals surface area contributed by atoms with E-state index in [9.17, 15) is 14.5 Å². The summed E-state index contributed by atoms with van der Waals surface area (Å²) in [4.78, 5) is 46.8. The van der Waals surface area contributed by atoms with E-state index in [-0.39, 0.29) is 5.75 Å². The number of benzene rings is 1. The molecule has 0 saturated carbocycles. The number of hydrogen-bond acceptors (Lipinski definition) is 7. The van der Waals surface area contributed by atoms with Crippen LogP contribution in [-0.2, 0) is 9.59 Å². The molecule has 3 heterocycles. The Kier molecular flexibility index (Phi) is 17.7. The van der Waals surface area contributed by atoms with Crippen LogP contribution in [0.15, 0.2) is 76.4 Å². The number of allylic oxidation sites excluding steroid dienone is 6. The zero-order valence-electron chi connectivity index (χ0n) is 31.7. The number of unbranched alkanes of at least 4 members (excludes halogenated alkanes) is 3. The summed E-state index contributed by atoms with van der Waals surface area (Å²) >= 11 is 3.00. The number of hydrogen-bond donors (Lipinski definition) is 0. The van der Waals surface area contributed by atoms with Gasteiger partial charge in [0.05, 0.1) is 32.5 Å². The summed E-state index contributed by atoms with van der Waals surface area (Å²) in [5, 5.41) is 4.69. The number of fused-ring (bicyclic) bond motifs is 1. The van der Waals surface area contributed by atoms with Gasteiger partial charge in [0.15, 0.2) is 0 Å². The van der Waals surface area contributed by atoms with Crippen LogP contribution < -0.4 is 0 Å². The fourth-order valence-electron chi connectivity index (χ4n) is 6.31. The average molecular weight is 729 g/mol. The van der Waals surface area contributed by atoms with E-state index in [0.29, 0.717) is 18.2 Å². The lowest BCUT2D eigenvalue weighted by atomic mass is 9.87. The van der Waals surface area contributed by atoms with Gasteiger partial charge in [0.1, 0.15) is 0 Å². The largest absolute Gasteiger partial charge is 0.343 e. The summed E-state index contributed by atoms with van der Waals surface area (Å²) in [6, 6.07) is 10.7. The van der Waals surface area contributed by atoms with E-state index in [0.717, 1.165) is 62.2 Å². The molecule has 1 aliphatic rings. The number of aryl methyl sites for hydroxylation is 2. The third kappa shape index (κ3) is 12.8. The first kappa shape index (κ1) is 41.7. The molecule has 2 aromatic heterocycles. The molecule has 2 amide bonds. The number of pyridine rings is 1. The lowest BCUT2D eigenvalue weighted by Crippen LogP contribution is -2.34. The van der Waals surface area contributed by atoms with Gasteiger partial charge in [-0.05, 0) is 106 Å². The summed E-state index contributed by atoms with van der Waals surface area (Å²) in [6.07, 6.45) is 16.2. The van der Waals surface area contributed by atoms with Crippen LogP contribution in [0.4, 0.5) is 0 Å². The maximum atomic E-state index is 11.6. The molecule has 0 bridgehead atoms. The molecule has 3 aromatic rings. The predicted octanol–water partition coefficient (Wildman–Crippen LogP) is 11.8. The quantitative estimate of drug-likeness (QED) is 0.0878. The molecule has 274 valence electrons. The molecule has 0 aliphatic carbocycles. The number of nitrogens with zero attached hydrogens (tertiary/aromatic N) is 4. The Morgan fingerprint density at radius 3 is 2.41 bits per heavy atom. The number of nitroso groups, excluding NO2 is 1. The first-order chi connectivity index (χ1) is 24.5. The van der Waals surface area contributed by atoms with Gasteiger partial charge < -0.3 is 4.90 Å². The molecule has 4 rings (SSSR count). The molecule has 1 atom stereocenters. The zero-order chi connectivity index (χ0) is 37.3. The molecule has 1 fully saturated rings. The number of piperidine rings is 1. The summed E-state index contributed by atoms with van der Waals surface area (Å²) in [5.41, 5.74) is 7.64. The minimum absolute atomic E-state index is 0.0131. The third-order valence-corrected chi connectivity index (χ3v) is 11.5. The van der Waals surface area contributed by atoms with Crippen LogP contribution in [0.1, 0.15) is 109 Å². The van der Waals surface area contributed by atoms with Gasteiger partial charge in [0.2, 0.25) is 5.91 Å². The van der Waals surface area contributed by atoms with Crippen molar-refractivity contribution in [2.75, 3.05) is 18.8 Å². The summed E-state index contributed by atoms with van der Waals surface area (Å²) in [6.45, 7) is 20.6. The number of likely N-dealkylation sites (tertiary alicyclic amines) is 1. The molecular weight excluding hydrogens is 673 g/mol. The summed E-state index contributed by atoms with van der Waals surface area (Å²) in [5.74, 6) is 0.0188. The van der Waals surface area contributed by atoms with Crippen LogP contribution in [-0.4, -0.2) is 45.5 Å². The van der Waals surface area contributed by atoms with E-state index in [2.05, 4.69) is 73.9 Å². The Morgan fingerprint density at radius 1 is 1.04 bits per heavy atom. The number of rotatable bonds is 15. The molecule has 9 heteroatoms. The molecule has 0 radical (unpaired) electrons. The fourth-order valence-corrected chi connectivity index (χ4v) is 8.01. The highest BCUT2D eigenvalue weighted by atomic mass is 32.2. The fraction of sp³-hybridized carbons (Fsp3) is 0.476. The van der Waals surface area contributed by atoms with Gasteiger partial charge in [0, 0.05) is 35.0 Å². The van der Waals surface area contributed by atoms with Gasteiger partial charge >= 0.3 is 0 Å². The van der Waals surface area contributed by atoms with E-state index in [1.807, 2.05) is 38.7 Å². The first-order valence-electron chi connectivity index (χ1n) is 18.4. The molecule has 1 unspecified atom stereocenters. The number of carbonyl (C=O) groups excluding carboxylic acids is 2. The monoisotopic (exact) mass is 728 g/mol. The highest BCUT2D eigenvalue weighted by Crippen LogP contribution is 2.34. The van der Waals surface area contributed by atoms with Crippen molar-refractivity contribution in [3.05, 3.63) is 92.4 Å². The molecule has 0 spiro atoms. The highest BCUT2D eigenvalue weighted by molar-refractivity contribution is 8.03. The lowest BCUT2D eigenvalue weighted by molar-refractivity contribution is -0.131. The molecule has 7 nitrogen and oxygen atoms in total. The van der Waals surface area contributed by atoms with Crippen LogP contribution in [0.3, 0.4) is 0 Å². The van der Waals surface area contributed by atoms with Crippen LogP contribution in [0.5, 0.6) is 0 Å². The molecule has 1 aliphatic heterocycles. The van der Waals surface area contributed by atoms with Gasteiger partial charge in [-0.25, -0.2) is 9.97 Å². The maximum absolute atomic E-state index is 11.6. The highest BCUT2D eigenvalue weighted by Gasteiger charge is 2.16.